The summed E-state index contributed by atoms with van der Waals surface area (Å²) in [6, 6.07) is 4.56. The second kappa shape index (κ2) is 13.1. The molecule has 1 aliphatic heterocycles. The Hall–Kier alpha value is -2.37. The van der Waals surface area contributed by atoms with Gasteiger partial charge in [0.2, 0.25) is 0 Å². The molecule has 206 valence electrons. The van der Waals surface area contributed by atoms with Gasteiger partial charge in [0.05, 0.1) is 6.10 Å². The van der Waals surface area contributed by atoms with Crippen LogP contribution in [-0.2, 0) is 9.53 Å². The summed E-state index contributed by atoms with van der Waals surface area (Å²) in [5.41, 5.74) is 2.64. The second-order valence-corrected chi connectivity index (χ2v) is 12.0. The van der Waals surface area contributed by atoms with Crippen molar-refractivity contribution in [2.45, 2.75) is 84.3 Å². The van der Waals surface area contributed by atoms with E-state index in [0.717, 1.165) is 65.6 Å². The maximum Gasteiger partial charge on any atom is 0.251 e. The fourth-order valence-corrected chi connectivity index (χ4v) is 6.11. The van der Waals surface area contributed by atoms with Crippen molar-refractivity contribution >= 4 is 35.6 Å². The zero-order valence-corrected chi connectivity index (χ0v) is 24.2. The van der Waals surface area contributed by atoms with Crippen LogP contribution in [0.25, 0.3) is 12.3 Å². The Balaban J connectivity index is 1.45. The van der Waals surface area contributed by atoms with Gasteiger partial charge in [-0.25, -0.2) is 0 Å². The van der Waals surface area contributed by atoms with Gasteiger partial charge in [0, 0.05) is 49.5 Å². The van der Waals surface area contributed by atoms with Crippen LogP contribution in [0.4, 0.5) is 0 Å². The van der Waals surface area contributed by atoms with Crippen molar-refractivity contribution in [1.82, 2.24) is 10.2 Å². The van der Waals surface area contributed by atoms with Gasteiger partial charge >= 0.3 is 0 Å². The number of carbonyl (C=O) groups excluding carboxylic acids is 2. The highest BCUT2D eigenvalue weighted by Crippen LogP contribution is 2.34. The number of ether oxygens (including phenoxy) is 1. The summed E-state index contributed by atoms with van der Waals surface area (Å²) in [5, 5.41) is 6.13. The molecule has 0 spiro atoms. The first-order valence-corrected chi connectivity index (χ1v) is 14.6. The van der Waals surface area contributed by atoms with Crippen molar-refractivity contribution in [3.63, 3.8) is 0 Å². The number of carbonyl (C=O) groups is 2. The standard InChI is InChI=1S/C32H43ClN2O3/c1-21-14-27-9-8-22(2)35(20-28(27)17-30(21)32(37)34-18-23(3)38-4)19-25-7-5-6-24(15-25)16-31(36)26-10-12-29(33)13-11-26/h9-10,12,14,17,20,22-25H,5-8,11,13,15-16,18-19H2,1-4H3,(H,34,37). The minimum Gasteiger partial charge on any atom is -0.380 e. The van der Waals surface area contributed by atoms with Crippen LogP contribution in [0.15, 0.2) is 34.9 Å². The van der Waals surface area contributed by atoms with Crippen LogP contribution in [0, 0.1) is 18.8 Å². The number of hydrogen-bond donors (Lipinski definition) is 1. The number of methoxy groups -OCH3 is 1. The molecule has 0 saturated heterocycles. The molecule has 1 aromatic carbocycles. The van der Waals surface area contributed by atoms with Gasteiger partial charge in [-0.3, -0.25) is 9.59 Å². The second-order valence-electron chi connectivity index (χ2n) is 11.5. The van der Waals surface area contributed by atoms with Crippen LogP contribution in [-0.4, -0.2) is 48.9 Å². The third-order valence-electron chi connectivity index (χ3n) is 8.47. The first kappa shape index (κ1) is 28.6. The molecule has 1 heterocycles. The van der Waals surface area contributed by atoms with E-state index in [1.165, 1.54) is 18.1 Å². The number of nitrogens with zero attached hydrogens (tertiary/aromatic N) is 1. The van der Waals surface area contributed by atoms with E-state index in [-0.39, 0.29) is 12.0 Å². The monoisotopic (exact) mass is 538 g/mol. The van der Waals surface area contributed by atoms with Crippen LogP contribution in [0.3, 0.4) is 0 Å². The van der Waals surface area contributed by atoms with Gasteiger partial charge in [-0.2, -0.15) is 0 Å². The SMILES string of the molecule is COC(C)CNC(=O)c1cc2c(cc1C)=CCC(C)N(CC1CCCC(CC(=O)C3=CC=C(Cl)CC3)C1)C=2. The van der Waals surface area contributed by atoms with E-state index in [1.54, 1.807) is 7.11 Å². The van der Waals surface area contributed by atoms with Gasteiger partial charge in [0.15, 0.2) is 5.78 Å². The molecule has 4 rings (SSSR count). The number of halogens is 1. The normalized spacial score (nSPS) is 24.1. The van der Waals surface area contributed by atoms with Crippen LogP contribution in [0.1, 0.15) is 81.1 Å². The lowest BCUT2D eigenvalue weighted by molar-refractivity contribution is -0.117. The molecule has 2 aliphatic carbocycles. The number of rotatable bonds is 9. The molecule has 38 heavy (non-hydrogen) atoms. The summed E-state index contributed by atoms with van der Waals surface area (Å²) in [7, 11) is 1.65. The van der Waals surface area contributed by atoms with Gasteiger partial charge in [-0.15, -0.1) is 0 Å². The third-order valence-corrected chi connectivity index (χ3v) is 8.78. The minimum absolute atomic E-state index is 0.0272. The van der Waals surface area contributed by atoms with Crippen LogP contribution in [0.2, 0.25) is 0 Å². The fraction of sp³-hybridized carbons (Fsp3) is 0.562. The molecule has 3 aliphatic rings. The summed E-state index contributed by atoms with van der Waals surface area (Å²) < 4.78 is 5.27. The van der Waals surface area contributed by atoms with Crippen LogP contribution >= 0.6 is 11.6 Å². The molecule has 1 fully saturated rings. The van der Waals surface area contributed by atoms with Crippen molar-refractivity contribution in [2.75, 3.05) is 20.2 Å². The summed E-state index contributed by atoms with van der Waals surface area (Å²) in [4.78, 5) is 28.3. The molecule has 6 heteroatoms. The molecule has 0 bridgehead atoms. The number of aryl methyl sites for hydroxylation is 1. The molecule has 1 aromatic rings. The fourth-order valence-electron chi connectivity index (χ4n) is 5.96. The van der Waals surface area contributed by atoms with E-state index in [0.29, 0.717) is 36.6 Å². The van der Waals surface area contributed by atoms with Gasteiger partial charge in [0.1, 0.15) is 0 Å². The molecule has 1 amide bonds. The van der Waals surface area contributed by atoms with E-state index in [9.17, 15) is 9.59 Å². The number of amides is 1. The lowest BCUT2D eigenvalue weighted by Gasteiger charge is -2.35. The molecule has 0 radical (unpaired) electrons. The summed E-state index contributed by atoms with van der Waals surface area (Å²) in [5.74, 6) is 1.27. The zero-order valence-electron chi connectivity index (χ0n) is 23.4. The Morgan fingerprint density at radius 2 is 1.95 bits per heavy atom. The number of nitrogens with one attached hydrogen (secondary N) is 1. The Bertz CT molecular complexity index is 1220. The quantitative estimate of drug-likeness (QED) is 0.481. The van der Waals surface area contributed by atoms with E-state index in [4.69, 9.17) is 16.3 Å². The minimum atomic E-state index is -0.0583. The van der Waals surface area contributed by atoms with E-state index in [1.807, 2.05) is 32.1 Å². The maximum atomic E-state index is 12.9. The molecule has 4 atom stereocenters. The molecule has 1 N–H and O–H groups in total. The molecule has 1 saturated carbocycles. The predicted octanol–water partition coefficient (Wildman–Crippen LogP) is 4.98. The highest BCUT2D eigenvalue weighted by Gasteiger charge is 2.27. The highest BCUT2D eigenvalue weighted by atomic mass is 35.5. The number of Topliss-reactive ketones (excluding diaryl/α,β-unsaturated/α-hetero) is 1. The van der Waals surface area contributed by atoms with Crippen LogP contribution in [0.5, 0.6) is 0 Å². The van der Waals surface area contributed by atoms with E-state index < -0.39 is 0 Å². The summed E-state index contributed by atoms with van der Waals surface area (Å²) >= 11 is 6.08. The first-order valence-electron chi connectivity index (χ1n) is 14.2. The van der Waals surface area contributed by atoms with Crippen molar-refractivity contribution < 1.29 is 14.3 Å². The average molecular weight is 539 g/mol. The lowest BCUT2D eigenvalue weighted by atomic mass is 9.78. The third kappa shape index (κ3) is 7.39. The Morgan fingerprint density at radius 3 is 2.68 bits per heavy atom. The van der Waals surface area contributed by atoms with Gasteiger partial charge < -0.3 is 15.0 Å². The molecule has 0 aromatic heterocycles. The van der Waals surface area contributed by atoms with Gasteiger partial charge in [-0.1, -0.05) is 36.2 Å². The molecule has 4 unspecified atom stereocenters. The van der Waals surface area contributed by atoms with Gasteiger partial charge in [0.25, 0.3) is 5.91 Å². The van der Waals surface area contributed by atoms with Crippen LogP contribution < -0.4 is 15.8 Å². The van der Waals surface area contributed by atoms with Crippen molar-refractivity contribution in [1.29, 1.82) is 0 Å². The van der Waals surface area contributed by atoms with Crippen molar-refractivity contribution in [3.05, 3.63) is 56.5 Å². The topological polar surface area (TPSA) is 58.6 Å². The smallest absolute Gasteiger partial charge is 0.251 e. The largest absolute Gasteiger partial charge is 0.380 e. The number of fused-ring (bicyclic) bond motifs is 1. The van der Waals surface area contributed by atoms with E-state index >= 15 is 0 Å². The van der Waals surface area contributed by atoms with Gasteiger partial charge in [-0.05, 0) is 105 Å². The number of benzene rings is 1. The van der Waals surface area contributed by atoms with E-state index in [2.05, 4.69) is 35.5 Å². The average Bonchev–Trinajstić information content (AvgIpc) is 3.05. The Labute approximate surface area is 232 Å². The number of hydrogen-bond acceptors (Lipinski definition) is 4. The number of allylic oxidation sites excluding steroid dienone is 4. The van der Waals surface area contributed by atoms with Crippen molar-refractivity contribution in [3.8, 4) is 0 Å². The zero-order chi connectivity index (χ0) is 27.2. The lowest BCUT2D eigenvalue weighted by Crippen LogP contribution is -2.37. The van der Waals surface area contributed by atoms with Crippen molar-refractivity contribution in [2.24, 2.45) is 11.8 Å². The molecular formula is C32H43ClN2O3. The Kier molecular flexibility index (Phi) is 9.89. The maximum absolute atomic E-state index is 12.9. The molecule has 5 nitrogen and oxygen atoms in total. The molecular weight excluding hydrogens is 496 g/mol. The predicted molar refractivity (Wildman–Crippen MR) is 155 cm³/mol. The number of ketones is 1. The first-order chi connectivity index (χ1) is 18.2. The summed E-state index contributed by atoms with van der Waals surface area (Å²) in [6.45, 7) is 7.70. The Morgan fingerprint density at radius 1 is 1.16 bits per heavy atom. The summed E-state index contributed by atoms with van der Waals surface area (Å²) in [6.07, 6.45) is 16.1. The highest BCUT2D eigenvalue weighted by molar-refractivity contribution is 6.29.